The predicted molar refractivity (Wildman–Crippen MR) is 94.5 cm³/mol. The third-order valence-corrected chi connectivity index (χ3v) is 5.81. The summed E-state index contributed by atoms with van der Waals surface area (Å²) >= 11 is 0. The van der Waals surface area contributed by atoms with Crippen LogP contribution in [-0.2, 0) is 9.47 Å². The summed E-state index contributed by atoms with van der Waals surface area (Å²) in [7, 11) is 0. The van der Waals surface area contributed by atoms with E-state index >= 15 is 0 Å². The van der Waals surface area contributed by atoms with Crippen molar-refractivity contribution in [3.05, 3.63) is 77.9 Å². The monoisotopic (exact) mass is 318 g/mol. The lowest BCUT2D eigenvalue weighted by molar-refractivity contribution is 0.221. The van der Waals surface area contributed by atoms with Gasteiger partial charge in [-0.25, -0.2) is 0 Å². The highest BCUT2D eigenvalue weighted by Crippen LogP contribution is 2.67. The van der Waals surface area contributed by atoms with Crippen LogP contribution in [0.25, 0.3) is 6.08 Å². The fourth-order valence-electron chi connectivity index (χ4n) is 4.46. The molecule has 2 aromatic carbocycles. The Morgan fingerprint density at radius 1 is 0.875 bits per heavy atom. The maximum Gasteiger partial charge on any atom is 0.131 e. The summed E-state index contributed by atoms with van der Waals surface area (Å²) in [4.78, 5) is 0. The van der Waals surface area contributed by atoms with Crippen molar-refractivity contribution in [1.29, 1.82) is 0 Å². The molecule has 2 aromatic rings. The molecule has 1 aliphatic carbocycles. The lowest BCUT2D eigenvalue weighted by Gasteiger charge is -2.21. The van der Waals surface area contributed by atoms with Gasteiger partial charge < -0.3 is 9.47 Å². The molecule has 3 fully saturated rings. The lowest BCUT2D eigenvalue weighted by atomic mass is 9.76. The molecule has 0 amide bonds. The summed E-state index contributed by atoms with van der Waals surface area (Å²) in [6, 6.07) is 21.0. The van der Waals surface area contributed by atoms with Crippen molar-refractivity contribution in [1.82, 2.24) is 0 Å². The Morgan fingerprint density at radius 2 is 1.58 bits per heavy atom. The van der Waals surface area contributed by atoms with E-state index < -0.39 is 0 Å². The molecule has 4 atom stereocenters. The van der Waals surface area contributed by atoms with E-state index in [1.165, 1.54) is 24.0 Å². The van der Waals surface area contributed by atoms with Crippen molar-refractivity contribution in [3.8, 4) is 0 Å². The van der Waals surface area contributed by atoms with E-state index in [1.54, 1.807) is 0 Å². The first kappa shape index (κ1) is 14.4. The Kier molecular flexibility index (Phi) is 3.19. The van der Waals surface area contributed by atoms with Crippen LogP contribution in [0.15, 0.2) is 66.7 Å². The molecule has 1 saturated carbocycles. The second kappa shape index (κ2) is 5.30. The van der Waals surface area contributed by atoms with Crippen LogP contribution >= 0.6 is 0 Å². The van der Waals surface area contributed by atoms with Crippen molar-refractivity contribution in [2.45, 2.75) is 49.1 Å². The smallest absolute Gasteiger partial charge is 0.131 e. The fourth-order valence-corrected chi connectivity index (χ4v) is 4.46. The highest BCUT2D eigenvalue weighted by molar-refractivity contribution is 5.53. The zero-order chi connectivity index (χ0) is 16.0. The van der Waals surface area contributed by atoms with Crippen LogP contribution in [0.2, 0.25) is 0 Å². The van der Waals surface area contributed by atoms with Crippen LogP contribution in [-0.4, -0.2) is 17.3 Å². The molecular weight excluding hydrogens is 296 g/mol. The van der Waals surface area contributed by atoms with Crippen molar-refractivity contribution in [2.24, 2.45) is 0 Å². The van der Waals surface area contributed by atoms with Crippen LogP contribution in [0.5, 0.6) is 0 Å². The molecule has 2 aliphatic heterocycles. The largest absolute Gasteiger partial charge is 0.361 e. The van der Waals surface area contributed by atoms with Gasteiger partial charge in [0.15, 0.2) is 0 Å². The summed E-state index contributed by atoms with van der Waals surface area (Å²) in [6.45, 7) is 0. The Hall–Kier alpha value is -1.90. The zero-order valence-corrected chi connectivity index (χ0v) is 13.7. The normalized spacial score (nSPS) is 37.2. The standard InChI is InChI=1S/C22H22O2/c1-3-9-17(10-4-1)13-16-21-14-7-8-15-22(21,24-21)20-19(23-20)18-11-5-2-6-12-18/h1-6,9-13,16,19-20H,7-8,14-15H2/b16-13+/t19-,20-,21-,22+/m1/s1. The maximum absolute atomic E-state index is 6.44. The van der Waals surface area contributed by atoms with Gasteiger partial charge in [0, 0.05) is 0 Å². The molecule has 0 aromatic heterocycles. The molecular formula is C22H22O2. The number of hydrogen-bond donors (Lipinski definition) is 0. The van der Waals surface area contributed by atoms with E-state index in [9.17, 15) is 0 Å². The number of rotatable bonds is 4. The topological polar surface area (TPSA) is 25.1 Å². The van der Waals surface area contributed by atoms with Gasteiger partial charge in [-0.05, 0) is 30.0 Å². The second-order valence-electron chi connectivity index (χ2n) is 7.22. The summed E-state index contributed by atoms with van der Waals surface area (Å²) < 4.78 is 12.5. The van der Waals surface area contributed by atoms with Gasteiger partial charge in [0.2, 0.25) is 0 Å². The number of benzene rings is 2. The van der Waals surface area contributed by atoms with Crippen LogP contribution in [0.1, 0.15) is 42.9 Å². The molecule has 0 spiro atoms. The molecule has 3 aliphatic rings. The summed E-state index contributed by atoms with van der Waals surface area (Å²) in [6.07, 6.45) is 9.62. The Morgan fingerprint density at radius 3 is 2.38 bits per heavy atom. The molecule has 5 rings (SSSR count). The van der Waals surface area contributed by atoms with Gasteiger partial charge in [0.1, 0.15) is 23.4 Å². The quantitative estimate of drug-likeness (QED) is 0.747. The van der Waals surface area contributed by atoms with E-state index in [0.29, 0.717) is 0 Å². The molecule has 0 bridgehead atoms. The molecule has 24 heavy (non-hydrogen) atoms. The highest BCUT2D eigenvalue weighted by atomic mass is 16.7. The van der Waals surface area contributed by atoms with Crippen LogP contribution in [0, 0.1) is 0 Å². The van der Waals surface area contributed by atoms with Crippen molar-refractivity contribution < 1.29 is 9.47 Å². The lowest BCUT2D eigenvalue weighted by Crippen LogP contribution is -2.33. The number of hydrogen-bond acceptors (Lipinski definition) is 2. The number of fused-ring (bicyclic) bond motifs is 1. The second-order valence-corrected chi connectivity index (χ2v) is 7.22. The van der Waals surface area contributed by atoms with Crippen LogP contribution < -0.4 is 0 Å². The summed E-state index contributed by atoms with van der Waals surface area (Å²) in [5.74, 6) is 0. The SMILES string of the molecule is C(=C\[C@]12CCCC[C@@]1([C@@H]1O[C@@H]1c1ccccc1)O2)/c1ccccc1. The molecule has 0 N–H and O–H groups in total. The third kappa shape index (κ3) is 2.17. The van der Waals surface area contributed by atoms with Crippen molar-refractivity contribution in [2.75, 3.05) is 0 Å². The van der Waals surface area contributed by atoms with Gasteiger partial charge in [-0.1, -0.05) is 79.6 Å². The molecule has 2 nitrogen and oxygen atoms in total. The molecule has 0 radical (unpaired) electrons. The van der Waals surface area contributed by atoms with Crippen LogP contribution in [0.3, 0.4) is 0 Å². The van der Waals surface area contributed by atoms with Crippen molar-refractivity contribution in [3.63, 3.8) is 0 Å². The molecule has 0 unspecified atom stereocenters. The maximum atomic E-state index is 6.44. The summed E-state index contributed by atoms with van der Waals surface area (Å²) in [5, 5.41) is 0. The predicted octanol–water partition coefficient (Wildman–Crippen LogP) is 4.92. The van der Waals surface area contributed by atoms with E-state index in [2.05, 4.69) is 72.8 Å². The zero-order valence-electron chi connectivity index (χ0n) is 13.7. The van der Waals surface area contributed by atoms with Crippen molar-refractivity contribution >= 4 is 6.08 Å². The van der Waals surface area contributed by atoms with E-state index in [1.807, 2.05) is 0 Å². The van der Waals surface area contributed by atoms with E-state index in [0.717, 1.165) is 12.8 Å². The molecule has 122 valence electrons. The Bertz CT molecular complexity index is 754. The summed E-state index contributed by atoms with van der Waals surface area (Å²) in [5.41, 5.74) is 2.30. The third-order valence-electron chi connectivity index (χ3n) is 5.81. The minimum absolute atomic E-state index is 0.100. The minimum Gasteiger partial charge on any atom is -0.361 e. The highest BCUT2D eigenvalue weighted by Gasteiger charge is 2.78. The average Bonchev–Trinajstić information content (AvgIpc) is 3.54. The first-order valence-corrected chi connectivity index (χ1v) is 8.98. The number of epoxide rings is 2. The van der Waals surface area contributed by atoms with Crippen LogP contribution in [0.4, 0.5) is 0 Å². The van der Waals surface area contributed by atoms with Gasteiger partial charge in [-0.2, -0.15) is 0 Å². The van der Waals surface area contributed by atoms with E-state index in [-0.39, 0.29) is 23.4 Å². The minimum atomic E-state index is -0.116. The van der Waals surface area contributed by atoms with Gasteiger partial charge in [-0.15, -0.1) is 0 Å². The van der Waals surface area contributed by atoms with Gasteiger partial charge in [-0.3, -0.25) is 0 Å². The van der Waals surface area contributed by atoms with E-state index in [4.69, 9.17) is 9.47 Å². The first-order chi connectivity index (χ1) is 11.8. The Balaban J connectivity index is 1.39. The molecule has 2 heterocycles. The molecule has 2 heteroatoms. The van der Waals surface area contributed by atoms with Gasteiger partial charge in [0.25, 0.3) is 0 Å². The van der Waals surface area contributed by atoms with Gasteiger partial charge in [0.05, 0.1) is 0 Å². The fraction of sp³-hybridized carbons (Fsp3) is 0.364. The average molecular weight is 318 g/mol. The first-order valence-electron chi connectivity index (χ1n) is 8.98. The molecule has 2 saturated heterocycles. The van der Waals surface area contributed by atoms with Gasteiger partial charge >= 0.3 is 0 Å². The Labute approximate surface area is 143 Å². The number of ether oxygens (including phenoxy) is 2.